The predicted molar refractivity (Wildman–Crippen MR) is 93.3 cm³/mol. The fourth-order valence-electron chi connectivity index (χ4n) is 5.93. The summed E-state index contributed by atoms with van der Waals surface area (Å²) in [5, 5.41) is 0. The lowest BCUT2D eigenvalue weighted by molar-refractivity contribution is -0.179. The highest BCUT2D eigenvalue weighted by molar-refractivity contribution is 6.02. The van der Waals surface area contributed by atoms with Crippen molar-refractivity contribution in [3.05, 3.63) is 35.5 Å². The van der Waals surface area contributed by atoms with Crippen molar-refractivity contribution >= 4 is 11.9 Å². The van der Waals surface area contributed by atoms with E-state index in [0.29, 0.717) is 53.9 Å². The van der Waals surface area contributed by atoms with Gasteiger partial charge in [-0.3, -0.25) is 0 Å². The van der Waals surface area contributed by atoms with E-state index in [1.807, 2.05) is 0 Å². The average Bonchev–Trinajstić information content (AvgIpc) is 2.54. The quantitative estimate of drug-likeness (QED) is 0.568. The number of carbonyl (C=O) groups excluding carboxylic acids is 2. The summed E-state index contributed by atoms with van der Waals surface area (Å²) >= 11 is 0. The highest BCUT2D eigenvalue weighted by atomic mass is 16.5. The van der Waals surface area contributed by atoms with Gasteiger partial charge < -0.3 is 9.47 Å². The van der Waals surface area contributed by atoms with E-state index in [9.17, 15) is 9.59 Å². The molecule has 7 atom stereocenters. The van der Waals surface area contributed by atoms with E-state index in [4.69, 9.17) is 9.47 Å². The van der Waals surface area contributed by atoms with Crippen molar-refractivity contribution in [2.24, 2.45) is 41.4 Å². The van der Waals surface area contributed by atoms with Gasteiger partial charge in [0.05, 0.1) is 24.4 Å². The van der Waals surface area contributed by atoms with Crippen molar-refractivity contribution in [2.45, 2.75) is 27.2 Å². The van der Waals surface area contributed by atoms with E-state index in [1.54, 1.807) is 13.8 Å². The summed E-state index contributed by atoms with van der Waals surface area (Å²) in [6, 6.07) is 0. The van der Waals surface area contributed by atoms with Crippen LogP contribution in [0.5, 0.6) is 0 Å². The fraction of sp³-hybridized carbons (Fsp3) is 0.619. The molecule has 0 amide bonds. The lowest BCUT2D eigenvalue weighted by Gasteiger charge is -2.70. The van der Waals surface area contributed by atoms with Crippen molar-refractivity contribution in [3.63, 3.8) is 0 Å². The van der Waals surface area contributed by atoms with Crippen LogP contribution in [0, 0.1) is 41.4 Å². The third-order valence-corrected chi connectivity index (χ3v) is 6.80. The van der Waals surface area contributed by atoms with Crippen LogP contribution in [0.15, 0.2) is 35.5 Å². The SMILES string of the molecule is C=C(C)[C@@H]1C[C@@H]2[C@@H]3[C@H]([C@@H]21)[C@@H]1C=C[C@H]3C(C(=O)OCC)=C1C(=O)OCC. The predicted octanol–water partition coefficient (Wildman–Crippen LogP) is 3.30. The number of allylic oxidation sites excluding steroid dienone is 3. The first-order valence-electron chi connectivity index (χ1n) is 9.43. The maximum atomic E-state index is 12.7. The van der Waals surface area contributed by atoms with Crippen LogP contribution in [0.3, 0.4) is 0 Å². The summed E-state index contributed by atoms with van der Waals surface area (Å²) in [7, 11) is 0. The molecule has 0 N–H and O–H groups in total. The maximum absolute atomic E-state index is 12.7. The maximum Gasteiger partial charge on any atom is 0.335 e. The van der Waals surface area contributed by atoms with Gasteiger partial charge in [0.2, 0.25) is 0 Å². The van der Waals surface area contributed by atoms with Gasteiger partial charge in [0, 0.05) is 11.8 Å². The van der Waals surface area contributed by atoms with Gasteiger partial charge >= 0.3 is 11.9 Å². The summed E-state index contributed by atoms with van der Waals surface area (Å²) in [5.41, 5.74) is 2.36. The Kier molecular flexibility index (Phi) is 3.89. The molecule has 0 saturated heterocycles. The summed E-state index contributed by atoms with van der Waals surface area (Å²) in [5.74, 6) is 2.01. The van der Waals surface area contributed by atoms with Crippen LogP contribution < -0.4 is 0 Å². The second-order valence-corrected chi connectivity index (χ2v) is 7.79. The number of esters is 2. The molecule has 0 aromatic heterocycles. The van der Waals surface area contributed by atoms with Gasteiger partial charge in [-0.1, -0.05) is 24.3 Å². The zero-order valence-electron chi connectivity index (χ0n) is 15.2. The molecule has 2 fully saturated rings. The zero-order chi connectivity index (χ0) is 17.9. The molecule has 2 saturated carbocycles. The van der Waals surface area contributed by atoms with Gasteiger partial charge in [0.1, 0.15) is 0 Å². The van der Waals surface area contributed by atoms with E-state index in [-0.39, 0.29) is 23.8 Å². The number of fused-ring (bicyclic) bond motifs is 1. The van der Waals surface area contributed by atoms with Crippen molar-refractivity contribution < 1.29 is 19.1 Å². The number of hydrogen-bond acceptors (Lipinski definition) is 4. The van der Waals surface area contributed by atoms with Crippen LogP contribution in [-0.2, 0) is 19.1 Å². The normalized spacial score (nSPS) is 39.7. The van der Waals surface area contributed by atoms with Crippen LogP contribution in [0.4, 0.5) is 0 Å². The molecule has 0 unspecified atom stereocenters. The lowest BCUT2D eigenvalue weighted by Crippen LogP contribution is -2.66. The van der Waals surface area contributed by atoms with Gasteiger partial charge in [-0.15, -0.1) is 0 Å². The zero-order valence-corrected chi connectivity index (χ0v) is 15.2. The number of carbonyl (C=O) groups is 2. The third kappa shape index (κ3) is 2.12. The third-order valence-electron chi connectivity index (χ3n) is 6.80. The Hall–Kier alpha value is -1.84. The van der Waals surface area contributed by atoms with Gasteiger partial charge in [-0.25, -0.2) is 9.59 Å². The highest BCUT2D eigenvalue weighted by Crippen LogP contribution is 2.72. The molecular formula is C21H26O4. The molecule has 25 heavy (non-hydrogen) atoms. The molecule has 0 spiro atoms. The molecule has 5 aliphatic carbocycles. The molecule has 4 nitrogen and oxygen atoms in total. The lowest BCUT2D eigenvalue weighted by atomic mass is 9.33. The van der Waals surface area contributed by atoms with Crippen molar-refractivity contribution in [1.82, 2.24) is 0 Å². The van der Waals surface area contributed by atoms with E-state index in [1.165, 1.54) is 12.0 Å². The minimum Gasteiger partial charge on any atom is -0.463 e. The first kappa shape index (κ1) is 16.6. The van der Waals surface area contributed by atoms with Crippen LogP contribution in [0.1, 0.15) is 27.2 Å². The van der Waals surface area contributed by atoms with E-state index < -0.39 is 0 Å². The number of ether oxygens (including phenoxy) is 2. The summed E-state index contributed by atoms with van der Waals surface area (Å²) in [6.07, 6.45) is 5.43. The minimum atomic E-state index is -0.349. The van der Waals surface area contributed by atoms with Crippen molar-refractivity contribution in [1.29, 1.82) is 0 Å². The Bertz CT molecular complexity index is 701. The topological polar surface area (TPSA) is 52.6 Å². The Labute approximate surface area is 148 Å². The molecule has 0 aromatic carbocycles. The first-order chi connectivity index (χ1) is 12.0. The number of hydrogen-bond donors (Lipinski definition) is 0. The molecule has 134 valence electrons. The Morgan fingerprint density at radius 2 is 1.52 bits per heavy atom. The van der Waals surface area contributed by atoms with Crippen molar-refractivity contribution in [2.75, 3.05) is 13.2 Å². The standard InChI is InChI=1S/C21H26O4/c1-5-24-20(22)18-11-7-8-12(19(18)21(23)25-6-2)17-15(11)14-9-13(10(3)4)16(14)17/h7-8,11-17H,3,5-6,9H2,1-2,4H3/t11-,12+,13+,14-,15-,16-,17-/m1/s1. The molecule has 4 heteroatoms. The van der Waals surface area contributed by atoms with Crippen LogP contribution >= 0.6 is 0 Å². The monoisotopic (exact) mass is 342 g/mol. The second-order valence-electron chi connectivity index (χ2n) is 7.79. The van der Waals surface area contributed by atoms with Crippen LogP contribution in [-0.4, -0.2) is 25.2 Å². The highest BCUT2D eigenvalue weighted by Gasteiger charge is 2.68. The summed E-state index contributed by atoms with van der Waals surface area (Å²) < 4.78 is 10.6. The largest absolute Gasteiger partial charge is 0.463 e. The van der Waals surface area contributed by atoms with E-state index in [2.05, 4.69) is 25.7 Å². The molecule has 0 aliphatic heterocycles. The average molecular weight is 342 g/mol. The van der Waals surface area contributed by atoms with Gasteiger partial charge in [-0.2, -0.15) is 0 Å². The van der Waals surface area contributed by atoms with Gasteiger partial charge in [0.15, 0.2) is 0 Å². The van der Waals surface area contributed by atoms with Crippen molar-refractivity contribution in [3.8, 4) is 0 Å². The molecular weight excluding hydrogens is 316 g/mol. The second kappa shape index (κ2) is 5.86. The smallest absolute Gasteiger partial charge is 0.335 e. The summed E-state index contributed by atoms with van der Waals surface area (Å²) in [4.78, 5) is 25.3. The molecule has 0 aromatic rings. The van der Waals surface area contributed by atoms with Crippen LogP contribution in [0.25, 0.3) is 0 Å². The fourth-order valence-corrected chi connectivity index (χ4v) is 5.93. The summed E-state index contributed by atoms with van der Waals surface area (Å²) in [6.45, 7) is 10.5. The first-order valence-corrected chi connectivity index (χ1v) is 9.43. The van der Waals surface area contributed by atoms with E-state index in [0.717, 1.165) is 0 Å². The molecule has 0 heterocycles. The van der Waals surface area contributed by atoms with Crippen LogP contribution in [0.2, 0.25) is 0 Å². The molecule has 5 rings (SSSR count). The van der Waals surface area contributed by atoms with Gasteiger partial charge in [0.25, 0.3) is 0 Å². The molecule has 2 bridgehead atoms. The van der Waals surface area contributed by atoms with Gasteiger partial charge in [-0.05, 0) is 56.8 Å². The molecule has 0 radical (unpaired) electrons. The Morgan fingerprint density at radius 1 is 1.00 bits per heavy atom. The minimum absolute atomic E-state index is 0.000720. The Balaban J connectivity index is 1.73. The molecule has 5 aliphatic rings. The Morgan fingerprint density at radius 3 is 2.00 bits per heavy atom. The number of rotatable bonds is 5. The van der Waals surface area contributed by atoms with E-state index >= 15 is 0 Å².